The minimum atomic E-state index is -3.19. The molecule has 1 atom stereocenters. The molecular weight excluding hydrogens is 380 g/mol. The first-order valence-corrected chi connectivity index (χ1v) is 10.7. The highest BCUT2D eigenvalue weighted by Gasteiger charge is 2.31. The number of hydrogen-bond acceptors (Lipinski definition) is 4. The van der Waals surface area contributed by atoms with Gasteiger partial charge in [0.15, 0.2) is 4.77 Å². The molecule has 1 aromatic carbocycles. The number of aromatic nitrogens is 3. The lowest BCUT2D eigenvalue weighted by Crippen LogP contribution is -2.40. The van der Waals surface area contributed by atoms with Gasteiger partial charge >= 0.3 is 0 Å². The van der Waals surface area contributed by atoms with Crippen LogP contribution in [0.5, 0.6) is 0 Å². The van der Waals surface area contributed by atoms with Crippen LogP contribution in [0.1, 0.15) is 37.1 Å². The van der Waals surface area contributed by atoms with Crippen molar-refractivity contribution >= 4 is 33.8 Å². The quantitative estimate of drug-likeness (QED) is 0.782. The molecule has 1 fully saturated rings. The van der Waals surface area contributed by atoms with Gasteiger partial charge in [-0.05, 0) is 49.7 Å². The van der Waals surface area contributed by atoms with Gasteiger partial charge in [0.25, 0.3) is 0 Å². The van der Waals surface area contributed by atoms with Crippen molar-refractivity contribution in [2.45, 2.75) is 32.2 Å². The number of sulfonamides is 1. The van der Waals surface area contributed by atoms with E-state index in [2.05, 4.69) is 10.2 Å². The molecule has 0 radical (unpaired) electrons. The van der Waals surface area contributed by atoms with Crippen LogP contribution >= 0.6 is 23.8 Å². The zero-order valence-corrected chi connectivity index (χ0v) is 16.4. The Morgan fingerprint density at radius 1 is 1.36 bits per heavy atom. The van der Waals surface area contributed by atoms with Gasteiger partial charge in [0.1, 0.15) is 5.82 Å². The monoisotopic (exact) mass is 400 g/mol. The Morgan fingerprint density at radius 2 is 2.08 bits per heavy atom. The topological polar surface area (TPSA) is 71.0 Å². The Bertz CT molecular complexity index is 890. The van der Waals surface area contributed by atoms with E-state index < -0.39 is 10.0 Å². The van der Waals surface area contributed by atoms with E-state index in [-0.39, 0.29) is 11.7 Å². The van der Waals surface area contributed by atoms with Crippen LogP contribution in [0, 0.1) is 4.77 Å². The molecule has 0 unspecified atom stereocenters. The first kappa shape index (κ1) is 18.6. The predicted octanol–water partition coefficient (Wildman–Crippen LogP) is 3.17. The highest BCUT2D eigenvalue weighted by atomic mass is 35.5. The van der Waals surface area contributed by atoms with Gasteiger partial charge in [-0.25, -0.2) is 12.7 Å². The number of H-pyrrole nitrogens is 1. The lowest BCUT2D eigenvalue weighted by atomic mass is 9.98. The fourth-order valence-corrected chi connectivity index (χ4v) is 4.66. The molecule has 136 valence electrons. The standard InChI is InChI=1S/C16H21ClN4O2S2/c1-2-25(22,23)20-9-3-4-13(11-20)15-18-19-16(24)21(15)10-12-5-7-14(17)8-6-12/h5-8,13H,2-4,9-11H2,1H3,(H,19,24)/t13-/m0/s1. The van der Waals surface area contributed by atoms with Crippen molar-refractivity contribution in [1.29, 1.82) is 0 Å². The second-order valence-corrected chi connectivity index (χ2v) is 9.28. The zero-order chi connectivity index (χ0) is 18.0. The summed E-state index contributed by atoms with van der Waals surface area (Å²) in [5.41, 5.74) is 1.07. The summed E-state index contributed by atoms with van der Waals surface area (Å²) < 4.78 is 28.5. The number of benzene rings is 1. The van der Waals surface area contributed by atoms with E-state index in [1.165, 1.54) is 0 Å². The average molecular weight is 401 g/mol. The van der Waals surface area contributed by atoms with Crippen molar-refractivity contribution in [2.75, 3.05) is 18.8 Å². The van der Waals surface area contributed by atoms with Crippen LogP contribution in [-0.4, -0.2) is 46.3 Å². The maximum absolute atomic E-state index is 12.2. The fourth-order valence-electron chi connectivity index (χ4n) is 3.16. The summed E-state index contributed by atoms with van der Waals surface area (Å²) in [6.07, 6.45) is 1.72. The number of piperidine rings is 1. The molecule has 6 nitrogen and oxygen atoms in total. The number of rotatable bonds is 5. The predicted molar refractivity (Wildman–Crippen MR) is 101 cm³/mol. The highest BCUT2D eigenvalue weighted by Crippen LogP contribution is 2.28. The molecule has 2 aromatic rings. The first-order valence-electron chi connectivity index (χ1n) is 8.28. The van der Waals surface area contributed by atoms with Gasteiger partial charge in [-0.15, -0.1) is 0 Å². The molecule has 0 bridgehead atoms. The van der Waals surface area contributed by atoms with Crippen LogP contribution in [0.25, 0.3) is 0 Å². The van der Waals surface area contributed by atoms with E-state index in [0.717, 1.165) is 24.2 Å². The number of nitrogens with one attached hydrogen (secondary N) is 1. The molecule has 25 heavy (non-hydrogen) atoms. The Kier molecular flexibility index (Phi) is 5.62. The largest absolute Gasteiger partial charge is 0.299 e. The second kappa shape index (κ2) is 7.57. The lowest BCUT2D eigenvalue weighted by molar-refractivity contribution is 0.305. The average Bonchev–Trinajstić information content (AvgIpc) is 2.98. The van der Waals surface area contributed by atoms with Crippen molar-refractivity contribution in [3.63, 3.8) is 0 Å². The number of nitrogens with zero attached hydrogens (tertiary/aromatic N) is 3. The molecule has 0 amide bonds. The molecule has 1 N–H and O–H groups in total. The molecule has 9 heteroatoms. The molecule has 1 aliphatic rings. The Morgan fingerprint density at radius 3 is 2.76 bits per heavy atom. The smallest absolute Gasteiger partial charge is 0.213 e. The van der Waals surface area contributed by atoms with E-state index >= 15 is 0 Å². The van der Waals surface area contributed by atoms with Gasteiger partial charge in [-0.1, -0.05) is 23.7 Å². The third-order valence-electron chi connectivity index (χ3n) is 4.55. The summed E-state index contributed by atoms with van der Waals surface area (Å²) in [6.45, 7) is 3.29. The Balaban J connectivity index is 1.85. The van der Waals surface area contributed by atoms with Crippen LogP contribution in [-0.2, 0) is 16.6 Å². The van der Waals surface area contributed by atoms with E-state index in [1.54, 1.807) is 11.2 Å². The highest BCUT2D eigenvalue weighted by molar-refractivity contribution is 7.89. The van der Waals surface area contributed by atoms with E-state index in [1.807, 2.05) is 28.8 Å². The summed E-state index contributed by atoms with van der Waals surface area (Å²) in [5.74, 6) is 0.975. The van der Waals surface area contributed by atoms with Gasteiger partial charge in [0, 0.05) is 24.0 Å². The molecule has 0 aliphatic carbocycles. The summed E-state index contributed by atoms with van der Waals surface area (Å²) in [6, 6.07) is 7.60. The molecule has 1 aromatic heterocycles. The van der Waals surface area contributed by atoms with Gasteiger partial charge in [0.05, 0.1) is 12.3 Å². The summed E-state index contributed by atoms with van der Waals surface area (Å²) in [4.78, 5) is 0. The fraction of sp³-hybridized carbons (Fsp3) is 0.500. The first-order chi connectivity index (χ1) is 11.9. The molecule has 1 aliphatic heterocycles. The van der Waals surface area contributed by atoms with Crippen molar-refractivity contribution in [3.8, 4) is 0 Å². The van der Waals surface area contributed by atoms with Crippen molar-refractivity contribution in [1.82, 2.24) is 19.1 Å². The van der Waals surface area contributed by atoms with Crippen molar-refractivity contribution in [3.05, 3.63) is 45.4 Å². The molecule has 0 saturated carbocycles. The maximum atomic E-state index is 12.2. The molecule has 0 spiro atoms. The maximum Gasteiger partial charge on any atom is 0.213 e. The SMILES string of the molecule is CCS(=O)(=O)N1CCC[C@H](c2n[nH]c(=S)n2Cc2ccc(Cl)cc2)C1. The number of halogens is 1. The summed E-state index contributed by atoms with van der Waals surface area (Å²) >= 11 is 11.3. The van der Waals surface area contributed by atoms with Crippen LogP contribution in [0.3, 0.4) is 0 Å². The van der Waals surface area contributed by atoms with E-state index in [0.29, 0.717) is 29.4 Å². The Hall–Kier alpha value is -1.22. The molecule has 2 heterocycles. The van der Waals surface area contributed by atoms with E-state index in [9.17, 15) is 8.42 Å². The second-order valence-electron chi connectivity index (χ2n) is 6.20. The zero-order valence-electron chi connectivity index (χ0n) is 14.0. The van der Waals surface area contributed by atoms with Crippen molar-refractivity contribution in [2.24, 2.45) is 0 Å². The third-order valence-corrected chi connectivity index (χ3v) is 6.96. The van der Waals surface area contributed by atoms with Gasteiger partial charge in [0.2, 0.25) is 10.0 Å². The minimum Gasteiger partial charge on any atom is -0.299 e. The summed E-state index contributed by atoms with van der Waals surface area (Å²) in [5, 5.41) is 7.94. The molecular formula is C16H21ClN4O2S2. The van der Waals surface area contributed by atoms with Crippen molar-refractivity contribution < 1.29 is 8.42 Å². The van der Waals surface area contributed by atoms with Crippen LogP contribution < -0.4 is 0 Å². The third kappa shape index (κ3) is 4.13. The Labute approximate surface area is 157 Å². The number of aromatic amines is 1. The molecule has 3 rings (SSSR count). The van der Waals surface area contributed by atoms with Crippen LogP contribution in [0.2, 0.25) is 5.02 Å². The summed E-state index contributed by atoms with van der Waals surface area (Å²) in [7, 11) is -3.19. The minimum absolute atomic E-state index is 0.0373. The lowest BCUT2D eigenvalue weighted by Gasteiger charge is -2.31. The van der Waals surface area contributed by atoms with E-state index in [4.69, 9.17) is 23.8 Å². The van der Waals surface area contributed by atoms with Gasteiger partial charge < -0.3 is 0 Å². The molecule has 1 saturated heterocycles. The van der Waals surface area contributed by atoms with Gasteiger partial charge in [-0.3, -0.25) is 9.67 Å². The normalized spacial score (nSPS) is 19.2. The van der Waals surface area contributed by atoms with Gasteiger partial charge in [-0.2, -0.15) is 5.10 Å². The van der Waals surface area contributed by atoms with Crippen LogP contribution in [0.15, 0.2) is 24.3 Å². The van der Waals surface area contributed by atoms with Crippen LogP contribution in [0.4, 0.5) is 0 Å². The number of hydrogen-bond donors (Lipinski definition) is 1.